The molecule has 2 aliphatic heterocycles. The van der Waals surface area contributed by atoms with E-state index >= 15 is 0 Å². The number of aromatic nitrogens is 6. The van der Waals surface area contributed by atoms with E-state index in [9.17, 15) is 19.5 Å². The molecule has 0 aliphatic carbocycles. The molecule has 0 aromatic carbocycles. The summed E-state index contributed by atoms with van der Waals surface area (Å²) in [7, 11) is 1.25. The van der Waals surface area contributed by atoms with E-state index in [0.29, 0.717) is 28.8 Å². The molecule has 2 amide bonds. The zero-order valence-corrected chi connectivity index (χ0v) is 20.9. The van der Waals surface area contributed by atoms with Gasteiger partial charge in [-0.3, -0.25) is 14.5 Å². The third kappa shape index (κ3) is 4.94. The van der Waals surface area contributed by atoms with Crippen LogP contribution in [0.5, 0.6) is 0 Å². The molecule has 2 atom stereocenters. The number of aliphatic carboxylic acids is 1. The van der Waals surface area contributed by atoms with Crippen LogP contribution in [0.4, 0.5) is 5.13 Å². The van der Waals surface area contributed by atoms with Crippen molar-refractivity contribution in [3.8, 4) is 0 Å². The fourth-order valence-corrected chi connectivity index (χ4v) is 6.24. The first kappa shape index (κ1) is 24.9. The highest BCUT2D eigenvalue weighted by atomic mass is 32.2. The molecule has 0 spiro atoms. The van der Waals surface area contributed by atoms with Gasteiger partial charge >= 0.3 is 5.97 Å². The molecule has 1 fully saturated rings. The van der Waals surface area contributed by atoms with E-state index in [1.165, 1.54) is 35.5 Å². The number of carbonyl (C=O) groups is 3. The monoisotopic (exact) mass is 540 g/mol. The molecule has 4 N–H and O–H groups in total. The number of anilines is 1. The van der Waals surface area contributed by atoms with Gasteiger partial charge in [0.05, 0.1) is 0 Å². The average molecular weight is 541 g/mol. The number of nitrogens with two attached hydrogens (primary N) is 1. The Hall–Kier alpha value is -3.25. The number of thioether (sulfide) groups is 2. The molecule has 2 aromatic heterocycles. The molecule has 35 heavy (non-hydrogen) atoms. The van der Waals surface area contributed by atoms with Crippen LogP contribution in [0.25, 0.3) is 0 Å². The number of fused-ring (bicyclic) bond motifs is 1. The van der Waals surface area contributed by atoms with E-state index in [-0.39, 0.29) is 22.4 Å². The number of hydrogen-bond acceptors (Lipinski definition) is 14. The van der Waals surface area contributed by atoms with Crippen molar-refractivity contribution in [1.29, 1.82) is 0 Å². The second-order valence-electron chi connectivity index (χ2n) is 7.17. The highest BCUT2D eigenvalue weighted by Gasteiger charge is 2.54. The van der Waals surface area contributed by atoms with Gasteiger partial charge in [0.2, 0.25) is 16.7 Å². The van der Waals surface area contributed by atoms with Crippen LogP contribution in [0.2, 0.25) is 0 Å². The zero-order valence-electron chi connectivity index (χ0n) is 18.4. The van der Waals surface area contributed by atoms with Crippen LogP contribution < -0.4 is 11.1 Å². The maximum absolute atomic E-state index is 12.9. The van der Waals surface area contributed by atoms with Crippen LogP contribution in [-0.2, 0) is 25.8 Å². The Morgan fingerprint density at radius 3 is 2.89 bits per heavy atom. The zero-order chi connectivity index (χ0) is 25.1. The SMILES string of the molecule is CCCn1nnnc1SCC1=C(C(=O)O)N2C(=O)C(NC(=O)/C(=N/OC)c3nsc(N)n3)[C@H]2SC1. The number of nitrogens with one attached hydrogen (secondary N) is 1. The van der Waals surface area contributed by atoms with E-state index in [4.69, 9.17) is 10.6 Å². The number of oxime groups is 1. The average Bonchev–Trinajstić information content (AvgIpc) is 3.47. The van der Waals surface area contributed by atoms with Gasteiger partial charge in [0.15, 0.2) is 5.13 Å². The molecular weight excluding hydrogens is 520 g/mol. The molecule has 2 aliphatic rings. The number of rotatable bonds is 10. The van der Waals surface area contributed by atoms with E-state index < -0.39 is 29.2 Å². The molecule has 186 valence electrons. The van der Waals surface area contributed by atoms with Gasteiger partial charge in [0, 0.05) is 29.6 Å². The number of nitrogen functional groups attached to an aromatic ring is 1. The molecule has 15 nitrogen and oxygen atoms in total. The number of tetrazole rings is 1. The number of carboxylic acid groups (broad SMARTS) is 1. The van der Waals surface area contributed by atoms with Crippen molar-refractivity contribution in [3.63, 3.8) is 0 Å². The topological polar surface area (TPSA) is 204 Å². The minimum absolute atomic E-state index is 0.0392. The van der Waals surface area contributed by atoms with Crippen LogP contribution in [-0.4, -0.2) is 93.1 Å². The van der Waals surface area contributed by atoms with Gasteiger partial charge in [-0.1, -0.05) is 23.8 Å². The van der Waals surface area contributed by atoms with E-state index in [1.54, 1.807) is 4.68 Å². The summed E-state index contributed by atoms with van der Waals surface area (Å²) >= 11 is 3.53. The predicted molar refractivity (Wildman–Crippen MR) is 126 cm³/mol. The second-order valence-corrected chi connectivity index (χ2v) is 10.0. The number of hydrogen-bond donors (Lipinski definition) is 3. The first-order valence-corrected chi connectivity index (χ1v) is 13.0. The normalized spacial score (nSPS) is 19.9. The molecular formula is C17H20N10O5S3. The summed E-state index contributed by atoms with van der Waals surface area (Å²) in [6.07, 6.45) is 0.845. The maximum Gasteiger partial charge on any atom is 0.352 e. The number of aryl methyl sites for hydroxylation is 1. The van der Waals surface area contributed by atoms with Gasteiger partial charge in [0.25, 0.3) is 11.8 Å². The second kappa shape index (κ2) is 10.6. The highest BCUT2D eigenvalue weighted by molar-refractivity contribution is 8.01. The van der Waals surface area contributed by atoms with E-state index in [1.807, 2.05) is 6.92 Å². The molecule has 0 radical (unpaired) electrons. The van der Waals surface area contributed by atoms with Crippen LogP contribution in [0, 0.1) is 0 Å². The summed E-state index contributed by atoms with van der Waals surface area (Å²) in [4.78, 5) is 47.6. The van der Waals surface area contributed by atoms with E-state index in [0.717, 1.165) is 18.0 Å². The Kier molecular flexibility index (Phi) is 7.51. The lowest BCUT2D eigenvalue weighted by atomic mass is 10.0. The van der Waals surface area contributed by atoms with Gasteiger partial charge in [-0.25, -0.2) is 9.48 Å². The van der Waals surface area contributed by atoms with Crippen LogP contribution in [0.15, 0.2) is 21.6 Å². The summed E-state index contributed by atoms with van der Waals surface area (Å²) in [5.41, 5.74) is 5.80. The third-order valence-corrected chi connectivity index (χ3v) is 7.82. The lowest BCUT2D eigenvalue weighted by Crippen LogP contribution is -2.71. The Morgan fingerprint density at radius 2 is 2.23 bits per heavy atom. The molecule has 0 bridgehead atoms. The number of carbonyl (C=O) groups excluding carboxylic acids is 2. The number of nitrogens with zero attached hydrogens (tertiary/aromatic N) is 8. The van der Waals surface area contributed by atoms with Crippen LogP contribution in [0.1, 0.15) is 19.2 Å². The Balaban J connectivity index is 1.48. The quantitative estimate of drug-likeness (QED) is 0.149. The first-order chi connectivity index (χ1) is 16.8. The smallest absolute Gasteiger partial charge is 0.352 e. The summed E-state index contributed by atoms with van der Waals surface area (Å²) in [6.45, 7) is 2.64. The number of carboxylic acids is 1. The van der Waals surface area contributed by atoms with Gasteiger partial charge in [-0.15, -0.1) is 16.9 Å². The van der Waals surface area contributed by atoms with Crippen molar-refractivity contribution >= 4 is 63.7 Å². The summed E-state index contributed by atoms with van der Waals surface area (Å²) < 4.78 is 5.59. The summed E-state index contributed by atoms with van der Waals surface area (Å²) in [5.74, 6) is -1.90. The predicted octanol–water partition coefficient (Wildman–Crippen LogP) is -0.602. The lowest BCUT2D eigenvalue weighted by Gasteiger charge is -2.49. The largest absolute Gasteiger partial charge is 0.477 e. The van der Waals surface area contributed by atoms with Crippen LogP contribution in [0.3, 0.4) is 0 Å². The lowest BCUT2D eigenvalue weighted by molar-refractivity contribution is -0.150. The molecule has 4 heterocycles. The van der Waals surface area contributed by atoms with Gasteiger partial charge in [0.1, 0.15) is 24.2 Å². The van der Waals surface area contributed by atoms with E-state index in [2.05, 4.69) is 35.4 Å². The van der Waals surface area contributed by atoms with Crippen molar-refractivity contribution in [1.82, 2.24) is 39.8 Å². The molecule has 4 rings (SSSR count). The number of β-lactam (4-membered cyclic amide) rings is 1. The summed E-state index contributed by atoms with van der Waals surface area (Å²) in [6, 6.07) is -0.953. The van der Waals surface area contributed by atoms with Gasteiger partial charge in [-0.05, 0) is 22.4 Å². The maximum atomic E-state index is 12.9. The van der Waals surface area contributed by atoms with Gasteiger partial charge in [-0.2, -0.15) is 9.36 Å². The third-order valence-electron chi connectivity index (χ3n) is 4.90. The van der Waals surface area contributed by atoms with Crippen LogP contribution >= 0.6 is 35.1 Å². The molecule has 0 saturated carbocycles. The summed E-state index contributed by atoms with van der Waals surface area (Å²) in [5, 5.41) is 27.8. The number of amides is 2. The van der Waals surface area contributed by atoms with Crippen molar-refractivity contribution < 1.29 is 24.3 Å². The minimum atomic E-state index is -1.22. The van der Waals surface area contributed by atoms with Gasteiger partial charge < -0.3 is 21.0 Å². The standard InChI is InChI=1S/C17H20N10O5S3/c1-3-4-26-17(21-24-25-26)34-6-7-5-33-14-9(13(29)27(14)10(7)15(30)31)19-12(28)8(22-32-2)11-20-16(18)35-23-11/h9,14H,3-6H2,1-2H3,(H,19,28)(H,30,31)(H2,18,20,23)/b22-8+/t9?,14-/m1/s1. The molecule has 1 saturated heterocycles. The van der Waals surface area contributed by atoms with Crippen molar-refractivity contribution in [3.05, 3.63) is 17.1 Å². The fraction of sp³-hybridized carbons (Fsp3) is 0.471. The minimum Gasteiger partial charge on any atom is -0.477 e. The molecule has 1 unspecified atom stereocenters. The van der Waals surface area contributed by atoms with Crippen molar-refractivity contribution in [2.45, 2.75) is 36.5 Å². The first-order valence-electron chi connectivity index (χ1n) is 10.2. The Morgan fingerprint density at radius 1 is 1.43 bits per heavy atom. The Bertz CT molecular complexity index is 1210. The molecule has 18 heteroatoms. The van der Waals surface area contributed by atoms with Crippen molar-refractivity contribution in [2.24, 2.45) is 5.16 Å². The Labute approximate surface area is 210 Å². The highest BCUT2D eigenvalue weighted by Crippen LogP contribution is 2.41. The fourth-order valence-electron chi connectivity index (χ4n) is 3.41. The van der Waals surface area contributed by atoms with Crippen molar-refractivity contribution in [2.75, 3.05) is 24.3 Å². The molecule has 2 aromatic rings.